The summed E-state index contributed by atoms with van der Waals surface area (Å²) in [5, 5.41) is 2.58. The number of carbonyl (C=O) groups is 2. The van der Waals surface area contributed by atoms with Crippen molar-refractivity contribution in [3.8, 4) is 0 Å². The van der Waals surface area contributed by atoms with Crippen LogP contribution >= 0.6 is 0 Å². The molecule has 5 heteroatoms. The number of rotatable bonds is 2. The topological polar surface area (TPSA) is 52.7 Å². The normalized spacial score (nSPS) is 19.7. The van der Waals surface area contributed by atoms with Crippen molar-refractivity contribution >= 4 is 23.2 Å². The van der Waals surface area contributed by atoms with Gasteiger partial charge in [0.1, 0.15) is 6.04 Å². The van der Waals surface area contributed by atoms with Gasteiger partial charge in [-0.15, -0.1) is 0 Å². The Hall–Kier alpha value is -2.04. The Morgan fingerprint density at radius 1 is 1.33 bits per heavy atom. The van der Waals surface area contributed by atoms with Gasteiger partial charge in [0, 0.05) is 25.5 Å². The zero-order valence-electron chi connectivity index (χ0n) is 10.8. The molecule has 0 aromatic heterocycles. The van der Waals surface area contributed by atoms with E-state index in [4.69, 9.17) is 0 Å². The summed E-state index contributed by atoms with van der Waals surface area (Å²) in [6, 6.07) is 7.14. The number of benzene rings is 1. The van der Waals surface area contributed by atoms with Crippen LogP contribution in [0.3, 0.4) is 0 Å². The summed E-state index contributed by atoms with van der Waals surface area (Å²) >= 11 is 0. The number of hydrogen-bond donors (Lipinski definition) is 1. The first-order valence-corrected chi connectivity index (χ1v) is 5.88. The Balaban J connectivity index is 2.37. The lowest BCUT2D eigenvalue weighted by Gasteiger charge is -2.33. The first kappa shape index (κ1) is 12.4. The second-order valence-corrected chi connectivity index (χ2v) is 4.57. The predicted molar refractivity (Wildman–Crippen MR) is 70.7 cm³/mol. The summed E-state index contributed by atoms with van der Waals surface area (Å²) in [7, 11) is 3.88. The summed E-state index contributed by atoms with van der Waals surface area (Å²) < 4.78 is 0. The molecule has 1 saturated heterocycles. The molecule has 0 radical (unpaired) electrons. The third-order valence-electron chi connectivity index (χ3n) is 3.07. The van der Waals surface area contributed by atoms with Gasteiger partial charge in [0.25, 0.3) is 0 Å². The monoisotopic (exact) mass is 247 g/mol. The Bertz CT molecular complexity index is 485. The first-order valence-electron chi connectivity index (χ1n) is 5.88. The lowest BCUT2D eigenvalue weighted by atomic mass is 10.1. The lowest BCUT2D eigenvalue weighted by molar-refractivity contribution is -0.130. The van der Waals surface area contributed by atoms with Crippen molar-refractivity contribution in [2.24, 2.45) is 0 Å². The van der Waals surface area contributed by atoms with E-state index in [-0.39, 0.29) is 18.4 Å². The van der Waals surface area contributed by atoms with Crippen LogP contribution in [-0.4, -0.2) is 38.5 Å². The van der Waals surface area contributed by atoms with Crippen molar-refractivity contribution in [1.82, 2.24) is 5.32 Å². The smallest absolute Gasteiger partial charge is 0.247 e. The summed E-state index contributed by atoms with van der Waals surface area (Å²) in [5.74, 6) is -0.206. The second kappa shape index (κ2) is 4.68. The molecule has 1 aliphatic heterocycles. The van der Waals surface area contributed by atoms with Crippen LogP contribution in [0.4, 0.5) is 11.4 Å². The predicted octanol–water partition coefficient (Wildman–Crippen LogP) is 0.604. The molecule has 1 aromatic rings. The fourth-order valence-electron chi connectivity index (χ4n) is 2.02. The number of hydrogen-bond acceptors (Lipinski definition) is 3. The maximum absolute atomic E-state index is 11.9. The van der Waals surface area contributed by atoms with Gasteiger partial charge in [0.2, 0.25) is 11.8 Å². The molecule has 5 nitrogen and oxygen atoms in total. The molecule has 1 aliphatic rings. The molecule has 1 heterocycles. The molecule has 2 amide bonds. The molecule has 1 fully saturated rings. The summed E-state index contributed by atoms with van der Waals surface area (Å²) in [6.07, 6.45) is 0. The summed E-state index contributed by atoms with van der Waals surface area (Å²) in [6.45, 7) is 1.80. The van der Waals surface area contributed by atoms with Crippen molar-refractivity contribution in [2.75, 3.05) is 30.4 Å². The highest BCUT2D eigenvalue weighted by Gasteiger charge is 2.32. The van der Waals surface area contributed by atoms with Crippen LogP contribution in [-0.2, 0) is 9.59 Å². The van der Waals surface area contributed by atoms with E-state index >= 15 is 0 Å². The van der Waals surface area contributed by atoms with E-state index in [1.807, 2.05) is 43.3 Å². The van der Waals surface area contributed by atoms with Gasteiger partial charge >= 0.3 is 0 Å². The van der Waals surface area contributed by atoms with Crippen molar-refractivity contribution < 1.29 is 9.59 Å². The quantitative estimate of drug-likeness (QED) is 0.833. The first-order chi connectivity index (χ1) is 8.50. The van der Waals surface area contributed by atoms with Crippen LogP contribution in [0.5, 0.6) is 0 Å². The fraction of sp³-hybridized carbons (Fsp3) is 0.385. The summed E-state index contributed by atoms with van der Waals surface area (Å²) in [4.78, 5) is 27.1. The molecule has 0 spiro atoms. The van der Waals surface area contributed by atoms with E-state index in [9.17, 15) is 9.59 Å². The molecule has 0 aliphatic carbocycles. The highest BCUT2D eigenvalue weighted by molar-refractivity contribution is 6.06. The number of carbonyl (C=O) groups excluding carboxylic acids is 2. The maximum Gasteiger partial charge on any atom is 0.247 e. The lowest BCUT2D eigenvalue weighted by Crippen LogP contribution is -2.57. The van der Waals surface area contributed by atoms with Crippen molar-refractivity contribution in [2.45, 2.75) is 13.0 Å². The minimum Gasteiger partial charge on any atom is -0.378 e. The van der Waals surface area contributed by atoms with E-state index in [2.05, 4.69) is 5.32 Å². The van der Waals surface area contributed by atoms with E-state index in [1.165, 1.54) is 0 Å². The average molecular weight is 247 g/mol. The Morgan fingerprint density at radius 2 is 2.06 bits per heavy atom. The minimum atomic E-state index is -0.469. The van der Waals surface area contributed by atoms with Gasteiger partial charge in [-0.2, -0.15) is 0 Å². The number of nitrogens with zero attached hydrogens (tertiary/aromatic N) is 2. The zero-order valence-corrected chi connectivity index (χ0v) is 10.8. The Labute approximate surface area is 106 Å². The molecule has 1 unspecified atom stereocenters. The van der Waals surface area contributed by atoms with E-state index in [1.54, 1.807) is 11.8 Å². The molecular formula is C13H17N3O2. The number of amides is 2. The van der Waals surface area contributed by atoms with Crippen LogP contribution in [0.1, 0.15) is 6.92 Å². The molecular weight excluding hydrogens is 230 g/mol. The minimum absolute atomic E-state index is 0.0648. The molecule has 0 saturated carbocycles. The standard InChI is InChI=1S/C13H17N3O2/c1-9-13(18)14-8-12(17)16(9)11-6-4-5-10(7-11)15(2)3/h4-7,9H,8H2,1-3H3,(H,14,18). The fourth-order valence-corrected chi connectivity index (χ4v) is 2.02. The van der Waals surface area contributed by atoms with Crippen LogP contribution in [0.25, 0.3) is 0 Å². The van der Waals surface area contributed by atoms with Gasteiger partial charge in [-0.25, -0.2) is 0 Å². The van der Waals surface area contributed by atoms with Gasteiger partial charge in [0.15, 0.2) is 0 Å². The van der Waals surface area contributed by atoms with Crippen molar-refractivity contribution in [1.29, 1.82) is 0 Å². The molecule has 18 heavy (non-hydrogen) atoms. The molecule has 96 valence electrons. The van der Waals surface area contributed by atoms with Crippen LogP contribution in [0.15, 0.2) is 24.3 Å². The molecule has 0 bridgehead atoms. The number of anilines is 2. The third kappa shape index (κ3) is 2.16. The zero-order chi connectivity index (χ0) is 13.3. The van der Waals surface area contributed by atoms with Crippen LogP contribution in [0.2, 0.25) is 0 Å². The number of piperazine rings is 1. The highest BCUT2D eigenvalue weighted by atomic mass is 16.2. The summed E-state index contributed by atoms with van der Waals surface area (Å²) in [5.41, 5.74) is 1.76. The SMILES string of the molecule is CC1C(=O)NCC(=O)N1c1cccc(N(C)C)c1. The van der Waals surface area contributed by atoms with Crippen molar-refractivity contribution in [3.05, 3.63) is 24.3 Å². The maximum atomic E-state index is 11.9. The van der Waals surface area contributed by atoms with Crippen LogP contribution in [0, 0.1) is 0 Å². The Kier molecular flexibility index (Phi) is 3.23. The van der Waals surface area contributed by atoms with Crippen LogP contribution < -0.4 is 15.1 Å². The van der Waals surface area contributed by atoms with Gasteiger partial charge in [-0.3, -0.25) is 14.5 Å². The third-order valence-corrected chi connectivity index (χ3v) is 3.07. The van der Waals surface area contributed by atoms with E-state index in [0.717, 1.165) is 11.4 Å². The average Bonchev–Trinajstić information content (AvgIpc) is 2.35. The molecule has 1 atom stereocenters. The molecule has 2 rings (SSSR count). The Morgan fingerprint density at radius 3 is 2.72 bits per heavy atom. The van der Waals surface area contributed by atoms with Gasteiger partial charge in [-0.05, 0) is 25.1 Å². The molecule has 1 N–H and O–H groups in total. The second-order valence-electron chi connectivity index (χ2n) is 4.57. The molecule has 1 aromatic carbocycles. The van der Waals surface area contributed by atoms with E-state index < -0.39 is 6.04 Å². The highest BCUT2D eigenvalue weighted by Crippen LogP contribution is 2.24. The largest absolute Gasteiger partial charge is 0.378 e. The van der Waals surface area contributed by atoms with Gasteiger partial charge < -0.3 is 10.2 Å². The van der Waals surface area contributed by atoms with Crippen molar-refractivity contribution in [3.63, 3.8) is 0 Å². The number of nitrogens with one attached hydrogen (secondary N) is 1. The van der Waals surface area contributed by atoms with Gasteiger partial charge in [-0.1, -0.05) is 6.07 Å². The van der Waals surface area contributed by atoms with Gasteiger partial charge in [0.05, 0.1) is 6.54 Å². The van der Waals surface area contributed by atoms with E-state index in [0.29, 0.717) is 0 Å².